The van der Waals surface area contributed by atoms with Crippen molar-refractivity contribution in [2.75, 3.05) is 6.61 Å². The van der Waals surface area contributed by atoms with Crippen LogP contribution in [0.2, 0.25) is 0 Å². The maximum absolute atomic E-state index is 9.78. The van der Waals surface area contributed by atoms with Gasteiger partial charge in [0.2, 0.25) is 0 Å². The number of rotatable bonds is 2. The molecule has 0 radical (unpaired) electrons. The standard InChI is InChI=1S/C4H5NO3/c5-1-3(2-6)4(7)8/h3,6H,2H2,(H,7,8). The zero-order chi connectivity index (χ0) is 6.57. The van der Waals surface area contributed by atoms with Crippen molar-refractivity contribution in [2.24, 2.45) is 5.92 Å². The van der Waals surface area contributed by atoms with E-state index in [0.717, 1.165) is 0 Å². The number of carboxylic acid groups (broad SMARTS) is 1. The average Bonchev–Trinajstić information content (AvgIpc) is 1.69. The Balaban J connectivity index is 3.76. The highest BCUT2D eigenvalue weighted by Gasteiger charge is 2.13. The van der Waals surface area contributed by atoms with Crippen LogP contribution in [0.25, 0.3) is 0 Å². The van der Waals surface area contributed by atoms with Gasteiger partial charge in [0, 0.05) is 0 Å². The molecular weight excluding hydrogens is 110 g/mol. The van der Waals surface area contributed by atoms with Crippen LogP contribution in [0, 0.1) is 17.2 Å². The van der Waals surface area contributed by atoms with Crippen LogP contribution in [-0.2, 0) is 4.79 Å². The maximum Gasteiger partial charge on any atom is 0.323 e. The van der Waals surface area contributed by atoms with Crippen LogP contribution in [-0.4, -0.2) is 22.8 Å². The van der Waals surface area contributed by atoms with Gasteiger partial charge in [-0.25, -0.2) is 0 Å². The Morgan fingerprint density at radius 2 is 2.38 bits per heavy atom. The fourth-order valence-corrected chi connectivity index (χ4v) is 0.174. The quantitative estimate of drug-likeness (QED) is 0.493. The molecule has 0 heterocycles. The largest absolute Gasteiger partial charge is 0.480 e. The van der Waals surface area contributed by atoms with Gasteiger partial charge in [-0.3, -0.25) is 4.79 Å². The van der Waals surface area contributed by atoms with Gasteiger partial charge in [0.25, 0.3) is 0 Å². The summed E-state index contributed by atoms with van der Waals surface area (Å²) < 4.78 is 0. The molecule has 0 rings (SSSR count). The molecule has 0 amide bonds. The monoisotopic (exact) mass is 115 g/mol. The highest BCUT2D eigenvalue weighted by molar-refractivity contribution is 5.72. The molecule has 0 aliphatic rings. The van der Waals surface area contributed by atoms with Gasteiger partial charge in [0.15, 0.2) is 5.92 Å². The van der Waals surface area contributed by atoms with E-state index in [2.05, 4.69) is 0 Å². The Morgan fingerprint density at radius 3 is 2.38 bits per heavy atom. The molecule has 0 aliphatic carbocycles. The first kappa shape index (κ1) is 6.92. The average molecular weight is 115 g/mol. The van der Waals surface area contributed by atoms with Gasteiger partial charge in [-0.2, -0.15) is 5.26 Å². The highest BCUT2D eigenvalue weighted by Crippen LogP contribution is 1.89. The summed E-state index contributed by atoms with van der Waals surface area (Å²) >= 11 is 0. The second-order valence-corrected chi connectivity index (χ2v) is 1.20. The Bertz CT molecular complexity index is 126. The zero-order valence-electron chi connectivity index (χ0n) is 4.03. The van der Waals surface area contributed by atoms with Gasteiger partial charge in [0.1, 0.15) is 0 Å². The second kappa shape index (κ2) is 2.99. The number of carbonyl (C=O) groups is 1. The van der Waals surface area contributed by atoms with Crippen LogP contribution in [0.3, 0.4) is 0 Å². The number of aliphatic hydroxyl groups excluding tert-OH is 1. The lowest BCUT2D eigenvalue weighted by Gasteiger charge is -1.92. The van der Waals surface area contributed by atoms with Crippen molar-refractivity contribution in [1.82, 2.24) is 0 Å². The van der Waals surface area contributed by atoms with E-state index in [-0.39, 0.29) is 0 Å². The summed E-state index contributed by atoms with van der Waals surface area (Å²) in [6, 6.07) is 1.40. The number of carboxylic acids is 1. The Hall–Kier alpha value is -1.08. The fourth-order valence-electron chi connectivity index (χ4n) is 0.174. The lowest BCUT2D eigenvalue weighted by atomic mass is 10.2. The minimum absolute atomic E-state index is 0.619. The molecular formula is C4H5NO3. The summed E-state index contributed by atoms with van der Waals surface area (Å²) in [4.78, 5) is 9.78. The lowest BCUT2D eigenvalue weighted by Crippen LogP contribution is -2.14. The first-order valence-electron chi connectivity index (χ1n) is 1.95. The molecule has 4 heteroatoms. The molecule has 0 aromatic carbocycles. The van der Waals surface area contributed by atoms with Gasteiger partial charge < -0.3 is 10.2 Å². The Labute approximate surface area is 46.0 Å². The third-order valence-electron chi connectivity index (χ3n) is 0.637. The predicted molar refractivity (Wildman–Crippen MR) is 23.8 cm³/mol. The van der Waals surface area contributed by atoms with Gasteiger partial charge >= 0.3 is 5.97 Å². The van der Waals surface area contributed by atoms with Crippen LogP contribution in [0.5, 0.6) is 0 Å². The minimum Gasteiger partial charge on any atom is -0.480 e. The molecule has 1 unspecified atom stereocenters. The molecule has 0 aromatic heterocycles. The summed E-state index contributed by atoms with van der Waals surface area (Å²) in [6.45, 7) is -0.619. The van der Waals surface area contributed by atoms with E-state index in [0.29, 0.717) is 0 Å². The molecule has 0 aliphatic heterocycles. The third-order valence-corrected chi connectivity index (χ3v) is 0.637. The summed E-state index contributed by atoms with van der Waals surface area (Å²) in [6.07, 6.45) is 0. The van der Waals surface area contributed by atoms with Gasteiger partial charge in [-0.05, 0) is 0 Å². The molecule has 4 nitrogen and oxygen atoms in total. The molecule has 1 atom stereocenters. The Kier molecular flexibility index (Phi) is 2.59. The molecule has 0 spiro atoms. The van der Waals surface area contributed by atoms with Gasteiger partial charge in [0.05, 0.1) is 12.7 Å². The van der Waals surface area contributed by atoms with Crippen LogP contribution >= 0.6 is 0 Å². The summed E-state index contributed by atoms with van der Waals surface area (Å²) in [5.41, 5.74) is 0. The van der Waals surface area contributed by atoms with Crippen LogP contribution in [0.1, 0.15) is 0 Å². The molecule has 0 saturated carbocycles. The van der Waals surface area contributed by atoms with Crippen molar-refractivity contribution in [3.8, 4) is 6.07 Å². The smallest absolute Gasteiger partial charge is 0.323 e. The number of aliphatic hydroxyl groups is 1. The summed E-state index contributed by atoms with van der Waals surface area (Å²) in [5.74, 6) is -2.55. The molecule has 8 heavy (non-hydrogen) atoms. The van der Waals surface area contributed by atoms with E-state index < -0.39 is 18.5 Å². The molecule has 0 bridgehead atoms. The number of nitriles is 1. The number of hydrogen-bond donors (Lipinski definition) is 2. The van der Waals surface area contributed by atoms with Crippen molar-refractivity contribution in [3.05, 3.63) is 0 Å². The molecule has 0 fully saturated rings. The van der Waals surface area contributed by atoms with Crippen LogP contribution < -0.4 is 0 Å². The number of aliphatic carboxylic acids is 1. The molecule has 44 valence electrons. The van der Waals surface area contributed by atoms with Gasteiger partial charge in [-0.1, -0.05) is 0 Å². The highest BCUT2D eigenvalue weighted by atomic mass is 16.4. The minimum atomic E-state index is -1.28. The molecule has 0 saturated heterocycles. The van der Waals surface area contributed by atoms with Gasteiger partial charge in [-0.15, -0.1) is 0 Å². The van der Waals surface area contributed by atoms with E-state index in [4.69, 9.17) is 15.5 Å². The zero-order valence-corrected chi connectivity index (χ0v) is 4.03. The predicted octanol–water partition coefficient (Wildman–Crippen LogP) is -0.797. The topological polar surface area (TPSA) is 81.3 Å². The number of hydrogen-bond acceptors (Lipinski definition) is 3. The van der Waals surface area contributed by atoms with Crippen molar-refractivity contribution >= 4 is 5.97 Å². The first-order valence-corrected chi connectivity index (χ1v) is 1.95. The normalized spacial score (nSPS) is 12.0. The second-order valence-electron chi connectivity index (χ2n) is 1.20. The van der Waals surface area contributed by atoms with E-state index >= 15 is 0 Å². The third kappa shape index (κ3) is 1.58. The number of nitrogens with zero attached hydrogens (tertiary/aromatic N) is 1. The fraction of sp³-hybridized carbons (Fsp3) is 0.500. The summed E-state index contributed by atoms with van der Waals surface area (Å²) in [5, 5.41) is 24.0. The molecule has 2 N–H and O–H groups in total. The van der Waals surface area contributed by atoms with Crippen molar-refractivity contribution in [3.63, 3.8) is 0 Å². The van der Waals surface area contributed by atoms with E-state index in [1.165, 1.54) is 6.07 Å². The van der Waals surface area contributed by atoms with E-state index in [1.807, 2.05) is 0 Å². The Morgan fingerprint density at radius 1 is 1.88 bits per heavy atom. The SMILES string of the molecule is N#CC(CO)C(=O)O. The van der Waals surface area contributed by atoms with Crippen LogP contribution in [0.15, 0.2) is 0 Å². The first-order chi connectivity index (χ1) is 3.72. The van der Waals surface area contributed by atoms with Crippen molar-refractivity contribution < 1.29 is 15.0 Å². The van der Waals surface area contributed by atoms with Crippen molar-refractivity contribution in [1.29, 1.82) is 5.26 Å². The van der Waals surface area contributed by atoms with E-state index in [9.17, 15) is 4.79 Å². The van der Waals surface area contributed by atoms with E-state index in [1.54, 1.807) is 0 Å². The van der Waals surface area contributed by atoms with Crippen LogP contribution in [0.4, 0.5) is 0 Å². The molecule has 0 aromatic rings. The lowest BCUT2D eigenvalue weighted by molar-refractivity contribution is -0.140. The van der Waals surface area contributed by atoms with Crippen molar-refractivity contribution in [2.45, 2.75) is 0 Å². The maximum atomic E-state index is 9.78. The summed E-state index contributed by atoms with van der Waals surface area (Å²) in [7, 11) is 0.